The zero-order valence-corrected chi connectivity index (χ0v) is 16.2. The third kappa shape index (κ3) is 5.36. The molecule has 2 N–H and O–H groups in total. The monoisotopic (exact) mass is 441 g/mol. The smallest absolute Gasteiger partial charge is 0.174 e. The van der Waals surface area contributed by atoms with E-state index in [9.17, 15) is 5.11 Å². The number of benzene rings is 2. The molecule has 2 aromatic carbocycles. The Morgan fingerprint density at radius 1 is 1.17 bits per heavy atom. The van der Waals surface area contributed by atoms with E-state index in [2.05, 4.69) is 40.9 Å². The first-order valence-corrected chi connectivity index (χ1v) is 9.13. The lowest BCUT2D eigenvalue weighted by molar-refractivity contribution is 0.238. The van der Waals surface area contributed by atoms with Crippen molar-refractivity contribution in [2.75, 3.05) is 13.7 Å². The minimum Gasteiger partial charge on any atom is -0.493 e. The van der Waals surface area contributed by atoms with E-state index < -0.39 is 0 Å². The number of methoxy groups -OCH3 is 1. The molecule has 1 atom stereocenters. The van der Waals surface area contributed by atoms with Gasteiger partial charge >= 0.3 is 0 Å². The van der Waals surface area contributed by atoms with Gasteiger partial charge in [-0.25, -0.2) is 0 Å². The number of hydrogen-bond donors (Lipinski definition) is 2. The van der Waals surface area contributed by atoms with Crippen LogP contribution >= 0.6 is 22.6 Å². The van der Waals surface area contributed by atoms with Crippen molar-refractivity contribution in [2.24, 2.45) is 0 Å². The van der Waals surface area contributed by atoms with Gasteiger partial charge in [0.05, 0.1) is 17.3 Å². The number of hydrogen-bond acceptors (Lipinski definition) is 4. The summed E-state index contributed by atoms with van der Waals surface area (Å²) < 4.78 is 12.5. The molecule has 5 heteroatoms. The number of rotatable bonds is 9. The lowest BCUT2D eigenvalue weighted by atomic mass is 10.1. The minimum atomic E-state index is 0.114. The van der Waals surface area contributed by atoms with Crippen LogP contribution in [0.25, 0.3) is 0 Å². The van der Waals surface area contributed by atoms with Gasteiger partial charge in [0.2, 0.25) is 0 Å². The summed E-state index contributed by atoms with van der Waals surface area (Å²) in [6.45, 7) is 3.39. The summed E-state index contributed by atoms with van der Waals surface area (Å²) in [7, 11) is 1.65. The van der Waals surface area contributed by atoms with Gasteiger partial charge in [0.15, 0.2) is 11.5 Å². The highest BCUT2D eigenvalue weighted by Gasteiger charge is 2.13. The molecule has 0 heterocycles. The molecule has 2 rings (SSSR count). The molecule has 0 fully saturated rings. The fraction of sp³-hybridized carbons (Fsp3) is 0.368. The molecule has 4 nitrogen and oxygen atoms in total. The Kier molecular flexibility index (Phi) is 7.81. The molecular formula is C19H24INO3. The van der Waals surface area contributed by atoms with E-state index in [0.29, 0.717) is 13.2 Å². The normalized spacial score (nSPS) is 12.0. The summed E-state index contributed by atoms with van der Waals surface area (Å²) in [5.74, 6) is 1.49. The lowest BCUT2D eigenvalue weighted by Crippen LogP contribution is -2.31. The van der Waals surface area contributed by atoms with Crippen molar-refractivity contribution in [3.05, 3.63) is 57.2 Å². The van der Waals surface area contributed by atoms with Crippen LogP contribution in [0, 0.1) is 3.57 Å². The number of nitrogens with one attached hydrogen (secondary N) is 1. The topological polar surface area (TPSA) is 50.7 Å². The van der Waals surface area contributed by atoms with Crippen LogP contribution in [0.5, 0.6) is 11.5 Å². The van der Waals surface area contributed by atoms with Gasteiger partial charge in [0.1, 0.15) is 6.61 Å². The first-order chi connectivity index (χ1) is 11.7. The van der Waals surface area contributed by atoms with Gasteiger partial charge in [-0.05, 0) is 52.3 Å². The molecule has 2 aromatic rings. The Morgan fingerprint density at radius 2 is 1.92 bits per heavy atom. The number of halogens is 1. The van der Waals surface area contributed by atoms with Crippen LogP contribution in [0.3, 0.4) is 0 Å². The zero-order chi connectivity index (χ0) is 17.4. The molecular weight excluding hydrogens is 417 g/mol. The van der Waals surface area contributed by atoms with E-state index in [1.165, 1.54) is 0 Å². The van der Waals surface area contributed by atoms with E-state index in [1.54, 1.807) is 7.11 Å². The Balaban J connectivity index is 2.09. The van der Waals surface area contributed by atoms with Crippen LogP contribution in [0.2, 0.25) is 0 Å². The molecule has 0 aromatic heterocycles. The molecule has 24 heavy (non-hydrogen) atoms. The maximum absolute atomic E-state index is 9.27. The van der Waals surface area contributed by atoms with Crippen molar-refractivity contribution in [2.45, 2.75) is 32.5 Å². The molecule has 0 radical (unpaired) electrons. The number of aliphatic hydroxyl groups excluding tert-OH is 1. The van der Waals surface area contributed by atoms with Crippen molar-refractivity contribution in [1.29, 1.82) is 0 Å². The van der Waals surface area contributed by atoms with Crippen LogP contribution in [-0.4, -0.2) is 24.9 Å². The minimum absolute atomic E-state index is 0.114. The van der Waals surface area contributed by atoms with Crippen molar-refractivity contribution < 1.29 is 14.6 Å². The standard InChI is InChI=1S/C19H24INO3/c1-3-16(12-22)21-11-15-9-17(20)19(18(10-15)23-2)24-13-14-7-5-4-6-8-14/h4-10,16,21-22H,3,11-13H2,1-2H3/t16-/m0/s1. The predicted molar refractivity (Wildman–Crippen MR) is 104 cm³/mol. The first-order valence-electron chi connectivity index (χ1n) is 8.05. The molecule has 0 saturated carbocycles. The third-order valence-electron chi connectivity index (χ3n) is 3.82. The summed E-state index contributed by atoms with van der Waals surface area (Å²) >= 11 is 2.27. The van der Waals surface area contributed by atoms with E-state index in [4.69, 9.17) is 9.47 Å². The van der Waals surface area contributed by atoms with Gasteiger partial charge < -0.3 is 19.9 Å². The molecule has 130 valence electrons. The zero-order valence-electron chi connectivity index (χ0n) is 14.1. The third-order valence-corrected chi connectivity index (χ3v) is 4.62. The van der Waals surface area contributed by atoms with Gasteiger partial charge in [0.25, 0.3) is 0 Å². The number of ether oxygens (including phenoxy) is 2. The molecule has 0 amide bonds. The van der Waals surface area contributed by atoms with Crippen LogP contribution in [-0.2, 0) is 13.2 Å². The van der Waals surface area contributed by atoms with E-state index in [-0.39, 0.29) is 12.6 Å². The van der Waals surface area contributed by atoms with Crippen molar-refractivity contribution in [3.63, 3.8) is 0 Å². The molecule has 0 aliphatic carbocycles. The highest BCUT2D eigenvalue weighted by Crippen LogP contribution is 2.34. The van der Waals surface area contributed by atoms with Crippen LogP contribution < -0.4 is 14.8 Å². The average Bonchev–Trinajstić information content (AvgIpc) is 2.62. The van der Waals surface area contributed by atoms with Crippen LogP contribution in [0.15, 0.2) is 42.5 Å². The van der Waals surface area contributed by atoms with Crippen LogP contribution in [0.4, 0.5) is 0 Å². The van der Waals surface area contributed by atoms with Gasteiger partial charge in [-0.3, -0.25) is 0 Å². The summed E-state index contributed by atoms with van der Waals surface area (Å²) in [5.41, 5.74) is 2.23. The second kappa shape index (κ2) is 9.86. The van der Waals surface area contributed by atoms with Crippen molar-refractivity contribution in [1.82, 2.24) is 5.32 Å². The molecule has 0 aliphatic rings. The van der Waals surface area contributed by atoms with Gasteiger partial charge in [-0.2, -0.15) is 0 Å². The fourth-order valence-electron chi connectivity index (χ4n) is 2.35. The molecule has 0 spiro atoms. The van der Waals surface area contributed by atoms with Crippen LogP contribution in [0.1, 0.15) is 24.5 Å². The second-order valence-corrected chi connectivity index (χ2v) is 6.71. The lowest BCUT2D eigenvalue weighted by Gasteiger charge is -2.17. The van der Waals surface area contributed by atoms with Crippen molar-refractivity contribution >= 4 is 22.6 Å². The molecule has 0 bridgehead atoms. The SMILES string of the molecule is CC[C@@H](CO)NCc1cc(I)c(OCc2ccccc2)c(OC)c1. The number of aliphatic hydroxyl groups is 1. The van der Waals surface area contributed by atoms with Gasteiger partial charge in [-0.1, -0.05) is 37.3 Å². The first kappa shape index (κ1) is 19.0. The predicted octanol–water partition coefficient (Wildman–Crippen LogP) is 3.74. The highest BCUT2D eigenvalue weighted by atomic mass is 127. The summed E-state index contributed by atoms with van der Waals surface area (Å²) in [5, 5.41) is 12.6. The highest BCUT2D eigenvalue weighted by molar-refractivity contribution is 14.1. The maximum atomic E-state index is 9.27. The van der Waals surface area contributed by atoms with Gasteiger partial charge in [0, 0.05) is 12.6 Å². The van der Waals surface area contributed by atoms with E-state index in [1.807, 2.05) is 36.4 Å². The molecule has 0 saturated heterocycles. The Labute approximate surface area is 157 Å². The van der Waals surface area contributed by atoms with Crippen molar-refractivity contribution in [3.8, 4) is 11.5 Å². The van der Waals surface area contributed by atoms with Gasteiger partial charge in [-0.15, -0.1) is 0 Å². The van der Waals surface area contributed by atoms with E-state index in [0.717, 1.165) is 32.6 Å². The van der Waals surface area contributed by atoms with E-state index >= 15 is 0 Å². The Bertz CT molecular complexity index is 630. The average molecular weight is 441 g/mol. The Hall–Kier alpha value is -1.31. The maximum Gasteiger partial charge on any atom is 0.174 e. The summed E-state index contributed by atoms with van der Waals surface area (Å²) in [4.78, 5) is 0. The summed E-state index contributed by atoms with van der Waals surface area (Å²) in [6, 6.07) is 14.3. The molecule has 0 unspecified atom stereocenters. The summed E-state index contributed by atoms with van der Waals surface area (Å²) in [6.07, 6.45) is 0.892. The fourth-order valence-corrected chi connectivity index (χ4v) is 3.17. The largest absolute Gasteiger partial charge is 0.493 e. The second-order valence-electron chi connectivity index (χ2n) is 5.55. The molecule has 0 aliphatic heterocycles. The Morgan fingerprint density at radius 3 is 2.54 bits per heavy atom. The quantitative estimate of drug-likeness (QED) is 0.583.